The first kappa shape index (κ1) is 19.0. The molecule has 1 saturated carbocycles. The summed E-state index contributed by atoms with van der Waals surface area (Å²) in [5.41, 5.74) is 0. The number of ether oxygens (including phenoxy) is 2. The predicted molar refractivity (Wildman–Crippen MR) is 102 cm³/mol. The molecule has 1 aromatic rings. The summed E-state index contributed by atoms with van der Waals surface area (Å²) < 4.78 is 11.3. The fourth-order valence-corrected chi connectivity index (χ4v) is 3.18. The molecule has 26 heavy (non-hydrogen) atoms. The lowest BCUT2D eigenvalue weighted by atomic mass is 10.2. The third-order valence-electron chi connectivity index (χ3n) is 5.07. The molecule has 0 radical (unpaired) electrons. The fourth-order valence-electron chi connectivity index (χ4n) is 3.18. The summed E-state index contributed by atoms with van der Waals surface area (Å²) in [6.07, 6.45) is 2.28. The Balaban J connectivity index is 1.32. The van der Waals surface area contributed by atoms with Gasteiger partial charge in [-0.1, -0.05) is 0 Å². The largest absolute Gasteiger partial charge is 0.494 e. The van der Waals surface area contributed by atoms with Crippen molar-refractivity contribution in [2.45, 2.75) is 38.8 Å². The van der Waals surface area contributed by atoms with Gasteiger partial charge in [0.15, 0.2) is 0 Å². The zero-order valence-electron chi connectivity index (χ0n) is 15.9. The average Bonchev–Trinajstić information content (AvgIpc) is 3.47. The predicted octanol–water partition coefficient (Wildman–Crippen LogP) is 1.75. The monoisotopic (exact) mass is 361 g/mol. The second-order valence-corrected chi connectivity index (χ2v) is 7.09. The minimum atomic E-state index is -0.0298. The highest BCUT2D eigenvalue weighted by atomic mass is 16.5. The summed E-state index contributed by atoms with van der Waals surface area (Å²) in [5, 5.41) is 3.10. The summed E-state index contributed by atoms with van der Waals surface area (Å²) in [5.74, 6) is 1.92. The van der Waals surface area contributed by atoms with E-state index in [2.05, 4.69) is 15.1 Å². The van der Waals surface area contributed by atoms with Crippen molar-refractivity contribution in [2.24, 2.45) is 0 Å². The number of rotatable bonds is 9. The number of hydrogen-bond donors (Lipinski definition) is 1. The van der Waals surface area contributed by atoms with Crippen LogP contribution in [0.5, 0.6) is 11.5 Å². The molecular weight excluding hydrogens is 330 g/mol. The van der Waals surface area contributed by atoms with E-state index < -0.39 is 0 Å². The Morgan fingerprint density at radius 2 is 1.73 bits per heavy atom. The maximum atomic E-state index is 12.2. The van der Waals surface area contributed by atoms with E-state index in [4.69, 9.17) is 9.47 Å². The molecule has 1 aliphatic heterocycles. The van der Waals surface area contributed by atoms with Crippen molar-refractivity contribution >= 4 is 5.91 Å². The van der Waals surface area contributed by atoms with Crippen molar-refractivity contribution in [3.8, 4) is 11.5 Å². The van der Waals surface area contributed by atoms with Crippen molar-refractivity contribution in [1.82, 2.24) is 15.1 Å². The van der Waals surface area contributed by atoms with Gasteiger partial charge in [-0.25, -0.2) is 0 Å². The van der Waals surface area contributed by atoms with Crippen molar-refractivity contribution in [3.63, 3.8) is 0 Å². The molecule has 0 spiro atoms. The van der Waals surface area contributed by atoms with Crippen molar-refractivity contribution in [1.29, 1.82) is 0 Å². The van der Waals surface area contributed by atoms with Crippen LogP contribution in [0.3, 0.4) is 0 Å². The first-order valence-corrected chi connectivity index (χ1v) is 9.78. The number of piperazine rings is 1. The number of amides is 1. The van der Waals surface area contributed by atoms with Gasteiger partial charge in [-0.3, -0.25) is 14.6 Å². The van der Waals surface area contributed by atoms with E-state index in [1.165, 1.54) is 0 Å². The van der Waals surface area contributed by atoms with Gasteiger partial charge in [0.1, 0.15) is 18.1 Å². The maximum Gasteiger partial charge on any atom is 0.237 e. The summed E-state index contributed by atoms with van der Waals surface area (Å²) in [6.45, 7) is 10.1. The summed E-state index contributed by atoms with van der Waals surface area (Å²) in [6, 6.07) is 8.17. The molecular formula is C20H31N3O3. The van der Waals surface area contributed by atoms with E-state index in [0.717, 1.165) is 57.1 Å². The Bertz CT molecular complexity index is 566. The standard InChI is InChI=1S/C20H31N3O3/c1-3-25-18-6-8-19(9-7-18)26-15-14-22-10-12-23(13-11-22)16(2)20(24)21-17-4-5-17/h6-9,16-17H,3-5,10-15H2,1-2H3,(H,21,24). The van der Waals surface area contributed by atoms with Crippen LogP contribution in [0.15, 0.2) is 24.3 Å². The summed E-state index contributed by atoms with van der Waals surface area (Å²) in [7, 11) is 0. The molecule has 2 aliphatic rings. The Morgan fingerprint density at radius 1 is 1.12 bits per heavy atom. The van der Waals surface area contributed by atoms with Crippen LogP contribution in [-0.2, 0) is 4.79 Å². The molecule has 6 nitrogen and oxygen atoms in total. The van der Waals surface area contributed by atoms with E-state index in [0.29, 0.717) is 19.3 Å². The van der Waals surface area contributed by atoms with Gasteiger partial charge in [0.25, 0.3) is 0 Å². The van der Waals surface area contributed by atoms with Crippen LogP contribution in [0.25, 0.3) is 0 Å². The molecule has 1 heterocycles. The molecule has 0 aromatic heterocycles. The molecule has 0 bridgehead atoms. The Hall–Kier alpha value is -1.79. The van der Waals surface area contributed by atoms with Crippen LogP contribution in [-0.4, -0.2) is 73.7 Å². The molecule has 1 amide bonds. The zero-order chi connectivity index (χ0) is 18.4. The van der Waals surface area contributed by atoms with Gasteiger partial charge >= 0.3 is 0 Å². The van der Waals surface area contributed by atoms with Crippen LogP contribution < -0.4 is 14.8 Å². The molecule has 1 atom stereocenters. The molecule has 3 rings (SSSR count). The number of hydrogen-bond acceptors (Lipinski definition) is 5. The highest BCUT2D eigenvalue weighted by Crippen LogP contribution is 2.19. The molecule has 1 unspecified atom stereocenters. The Kier molecular flexibility index (Phi) is 6.74. The van der Waals surface area contributed by atoms with Gasteiger partial charge in [0.2, 0.25) is 5.91 Å². The molecule has 1 N–H and O–H groups in total. The molecule has 1 aromatic carbocycles. The van der Waals surface area contributed by atoms with Gasteiger partial charge in [-0.2, -0.15) is 0 Å². The molecule has 1 aliphatic carbocycles. The van der Waals surface area contributed by atoms with Crippen molar-refractivity contribution in [3.05, 3.63) is 24.3 Å². The normalized spacial score (nSPS) is 19.8. The van der Waals surface area contributed by atoms with Crippen molar-refractivity contribution in [2.75, 3.05) is 45.9 Å². The highest BCUT2D eigenvalue weighted by Gasteiger charge is 2.29. The lowest BCUT2D eigenvalue weighted by Gasteiger charge is -2.37. The van der Waals surface area contributed by atoms with Crippen LogP contribution in [0.1, 0.15) is 26.7 Å². The topological polar surface area (TPSA) is 54.0 Å². The van der Waals surface area contributed by atoms with Crippen LogP contribution in [0, 0.1) is 0 Å². The van der Waals surface area contributed by atoms with Crippen molar-refractivity contribution < 1.29 is 14.3 Å². The third-order valence-corrected chi connectivity index (χ3v) is 5.07. The summed E-state index contributed by atoms with van der Waals surface area (Å²) >= 11 is 0. The van der Waals surface area contributed by atoms with Gasteiger partial charge in [-0.15, -0.1) is 0 Å². The quantitative estimate of drug-likeness (QED) is 0.726. The van der Waals surface area contributed by atoms with Gasteiger partial charge in [0, 0.05) is 38.8 Å². The van der Waals surface area contributed by atoms with Gasteiger partial charge in [-0.05, 0) is 51.0 Å². The van der Waals surface area contributed by atoms with E-state index in [-0.39, 0.29) is 11.9 Å². The summed E-state index contributed by atoms with van der Waals surface area (Å²) in [4.78, 5) is 16.9. The smallest absolute Gasteiger partial charge is 0.237 e. The minimum Gasteiger partial charge on any atom is -0.494 e. The lowest BCUT2D eigenvalue weighted by Crippen LogP contribution is -2.54. The van der Waals surface area contributed by atoms with Crippen LogP contribution in [0.2, 0.25) is 0 Å². The van der Waals surface area contributed by atoms with Crippen LogP contribution in [0.4, 0.5) is 0 Å². The van der Waals surface area contributed by atoms with E-state index in [1.807, 2.05) is 38.1 Å². The maximum absolute atomic E-state index is 12.2. The second kappa shape index (κ2) is 9.24. The Morgan fingerprint density at radius 3 is 2.31 bits per heavy atom. The average molecular weight is 361 g/mol. The third kappa shape index (κ3) is 5.61. The van der Waals surface area contributed by atoms with Crippen LogP contribution >= 0.6 is 0 Å². The van der Waals surface area contributed by atoms with Gasteiger partial charge < -0.3 is 14.8 Å². The second-order valence-electron chi connectivity index (χ2n) is 7.09. The van der Waals surface area contributed by atoms with Gasteiger partial charge in [0.05, 0.1) is 12.6 Å². The van der Waals surface area contributed by atoms with E-state index in [9.17, 15) is 4.79 Å². The number of nitrogens with zero attached hydrogens (tertiary/aromatic N) is 2. The first-order chi connectivity index (χ1) is 12.7. The van der Waals surface area contributed by atoms with E-state index >= 15 is 0 Å². The first-order valence-electron chi connectivity index (χ1n) is 9.78. The SMILES string of the molecule is CCOc1ccc(OCCN2CCN(C(C)C(=O)NC3CC3)CC2)cc1. The fraction of sp³-hybridized carbons (Fsp3) is 0.650. The molecule has 1 saturated heterocycles. The number of nitrogens with one attached hydrogen (secondary N) is 1. The number of benzene rings is 1. The minimum absolute atomic E-state index is 0.0298. The molecule has 6 heteroatoms. The Labute approximate surface area is 156 Å². The molecule has 144 valence electrons. The van der Waals surface area contributed by atoms with E-state index in [1.54, 1.807) is 0 Å². The molecule has 2 fully saturated rings. The highest BCUT2D eigenvalue weighted by molar-refractivity contribution is 5.81. The zero-order valence-corrected chi connectivity index (χ0v) is 15.9. The number of carbonyl (C=O) groups is 1. The lowest BCUT2D eigenvalue weighted by molar-refractivity contribution is -0.126. The number of carbonyl (C=O) groups excluding carboxylic acids is 1.